The molecule has 0 aliphatic carbocycles. The van der Waals surface area contributed by atoms with Crippen molar-refractivity contribution in [3.05, 3.63) is 45.4 Å². The highest BCUT2D eigenvalue weighted by Crippen LogP contribution is 2.22. The normalized spacial score (nSPS) is 12.9. The van der Waals surface area contributed by atoms with Gasteiger partial charge in [0.2, 0.25) is 0 Å². The summed E-state index contributed by atoms with van der Waals surface area (Å²) in [7, 11) is 0. The molecule has 5 heteroatoms. The lowest BCUT2D eigenvalue weighted by Gasteiger charge is -2.10. The van der Waals surface area contributed by atoms with Gasteiger partial charge in [-0.3, -0.25) is 0 Å². The van der Waals surface area contributed by atoms with Gasteiger partial charge in [-0.25, -0.2) is 9.97 Å². The molecule has 0 radical (unpaired) electrons. The predicted octanol–water partition coefficient (Wildman–Crippen LogP) is 3.95. The van der Waals surface area contributed by atoms with E-state index in [1.165, 1.54) is 9.71 Å². The van der Waals surface area contributed by atoms with E-state index in [1.54, 1.807) is 22.7 Å². The van der Waals surface area contributed by atoms with Gasteiger partial charge in [0.15, 0.2) is 0 Å². The van der Waals surface area contributed by atoms with Crippen molar-refractivity contribution in [1.29, 1.82) is 0 Å². The van der Waals surface area contributed by atoms with Crippen LogP contribution in [-0.2, 0) is 6.42 Å². The van der Waals surface area contributed by atoms with Gasteiger partial charge in [0, 0.05) is 24.4 Å². The van der Waals surface area contributed by atoms with Crippen molar-refractivity contribution in [2.75, 3.05) is 6.54 Å². The van der Waals surface area contributed by atoms with Gasteiger partial charge in [-0.2, -0.15) is 0 Å². The van der Waals surface area contributed by atoms with Crippen LogP contribution in [0, 0.1) is 6.92 Å². The highest BCUT2D eigenvalue weighted by Gasteiger charge is 2.09. The van der Waals surface area contributed by atoms with E-state index in [4.69, 9.17) is 0 Å². The number of thiazole rings is 2. The molecular weight excluding hydrogens is 286 g/mol. The summed E-state index contributed by atoms with van der Waals surface area (Å²) >= 11 is 3.49. The first-order valence-corrected chi connectivity index (χ1v) is 8.42. The Labute approximate surface area is 126 Å². The molecule has 1 aromatic carbocycles. The number of aromatic nitrogens is 2. The summed E-state index contributed by atoms with van der Waals surface area (Å²) in [6.45, 7) is 5.13. The smallest absolute Gasteiger partial charge is 0.0951 e. The monoisotopic (exact) mass is 303 g/mol. The summed E-state index contributed by atoms with van der Waals surface area (Å²) < 4.78 is 1.27. The molecule has 0 fully saturated rings. The molecule has 2 heterocycles. The average Bonchev–Trinajstić information content (AvgIpc) is 3.04. The van der Waals surface area contributed by atoms with E-state index in [2.05, 4.69) is 45.8 Å². The maximum Gasteiger partial charge on any atom is 0.0951 e. The molecule has 104 valence electrons. The van der Waals surface area contributed by atoms with Crippen LogP contribution in [0.15, 0.2) is 29.6 Å². The molecule has 0 spiro atoms. The number of rotatable bonds is 5. The lowest BCUT2D eigenvalue weighted by atomic mass is 10.2. The fraction of sp³-hybridized carbons (Fsp3) is 0.333. The molecule has 1 atom stereocenters. The fourth-order valence-electron chi connectivity index (χ4n) is 2.11. The third kappa shape index (κ3) is 3.06. The first-order valence-electron chi connectivity index (χ1n) is 6.72. The fourth-order valence-corrected chi connectivity index (χ4v) is 3.78. The zero-order valence-corrected chi connectivity index (χ0v) is 13.2. The molecular formula is C15H17N3S2. The molecule has 3 rings (SSSR count). The molecule has 3 nitrogen and oxygen atoms in total. The topological polar surface area (TPSA) is 37.8 Å². The summed E-state index contributed by atoms with van der Waals surface area (Å²) in [4.78, 5) is 9.17. The number of nitrogens with zero attached hydrogens (tertiary/aromatic N) is 2. The van der Waals surface area contributed by atoms with Gasteiger partial charge >= 0.3 is 0 Å². The van der Waals surface area contributed by atoms with Gasteiger partial charge in [0.05, 0.1) is 25.9 Å². The number of nitrogens with one attached hydrogen (secondary N) is 1. The van der Waals surface area contributed by atoms with Gasteiger partial charge in [-0.15, -0.1) is 22.7 Å². The lowest BCUT2D eigenvalue weighted by Crippen LogP contribution is -2.21. The molecule has 1 N–H and O–H groups in total. The van der Waals surface area contributed by atoms with E-state index in [0.29, 0.717) is 6.04 Å². The van der Waals surface area contributed by atoms with Crippen LogP contribution < -0.4 is 5.32 Å². The van der Waals surface area contributed by atoms with Crippen LogP contribution in [0.25, 0.3) is 10.2 Å². The predicted molar refractivity (Wildman–Crippen MR) is 86.6 cm³/mol. The van der Waals surface area contributed by atoms with E-state index >= 15 is 0 Å². The van der Waals surface area contributed by atoms with E-state index < -0.39 is 0 Å². The second-order valence-electron chi connectivity index (χ2n) is 4.79. The number of aryl methyl sites for hydroxylation is 1. The van der Waals surface area contributed by atoms with Crippen molar-refractivity contribution in [2.24, 2.45) is 0 Å². The van der Waals surface area contributed by atoms with E-state index in [-0.39, 0.29) is 0 Å². The molecule has 0 aliphatic rings. The standard InChI is InChI=1S/C15H17N3S2/c1-10(13-9-19-11(2)17-13)16-8-7-15-18-12-5-3-4-6-14(12)20-15/h3-6,9-10,16H,7-8H2,1-2H3. The summed E-state index contributed by atoms with van der Waals surface area (Å²) in [6, 6.07) is 8.61. The van der Waals surface area contributed by atoms with Crippen molar-refractivity contribution in [2.45, 2.75) is 26.3 Å². The van der Waals surface area contributed by atoms with Gasteiger partial charge in [0.25, 0.3) is 0 Å². The minimum Gasteiger partial charge on any atom is -0.308 e. The molecule has 0 saturated heterocycles. The Hall–Kier alpha value is -1.30. The Kier molecular flexibility index (Phi) is 4.10. The second-order valence-corrected chi connectivity index (χ2v) is 6.97. The number of hydrogen-bond donors (Lipinski definition) is 1. The Bertz CT molecular complexity index is 669. The van der Waals surface area contributed by atoms with Gasteiger partial charge in [0.1, 0.15) is 0 Å². The third-order valence-corrected chi connectivity index (χ3v) is 5.10. The summed E-state index contributed by atoms with van der Waals surface area (Å²) in [5.74, 6) is 0. The maximum absolute atomic E-state index is 4.65. The maximum atomic E-state index is 4.65. The molecule has 0 amide bonds. The van der Waals surface area contributed by atoms with Crippen molar-refractivity contribution < 1.29 is 0 Å². The Balaban J connectivity index is 1.57. The van der Waals surface area contributed by atoms with Crippen LogP contribution in [0.3, 0.4) is 0 Å². The molecule has 0 saturated carbocycles. The molecule has 3 aromatic rings. The third-order valence-electron chi connectivity index (χ3n) is 3.21. The first kappa shape index (κ1) is 13.7. The van der Waals surface area contributed by atoms with E-state index in [0.717, 1.165) is 29.2 Å². The number of benzene rings is 1. The van der Waals surface area contributed by atoms with Crippen LogP contribution in [0.5, 0.6) is 0 Å². The Morgan fingerprint density at radius 1 is 1.25 bits per heavy atom. The average molecular weight is 303 g/mol. The van der Waals surface area contributed by atoms with Crippen LogP contribution in [0.2, 0.25) is 0 Å². The van der Waals surface area contributed by atoms with Crippen LogP contribution in [0.1, 0.15) is 28.7 Å². The SMILES string of the molecule is Cc1nc(C(C)NCCc2nc3ccccc3s2)cs1. The van der Waals surface area contributed by atoms with Gasteiger partial charge in [-0.1, -0.05) is 12.1 Å². The van der Waals surface area contributed by atoms with Crippen LogP contribution in [-0.4, -0.2) is 16.5 Å². The minimum absolute atomic E-state index is 0.300. The molecule has 0 bridgehead atoms. The molecule has 1 unspecified atom stereocenters. The highest BCUT2D eigenvalue weighted by atomic mass is 32.1. The van der Waals surface area contributed by atoms with Crippen molar-refractivity contribution in [3.63, 3.8) is 0 Å². The summed E-state index contributed by atoms with van der Waals surface area (Å²) in [5, 5.41) is 7.97. The van der Waals surface area contributed by atoms with E-state index in [9.17, 15) is 0 Å². The Morgan fingerprint density at radius 3 is 2.85 bits per heavy atom. The first-order chi connectivity index (χ1) is 9.72. The van der Waals surface area contributed by atoms with Crippen molar-refractivity contribution in [1.82, 2.24) is 15.3 Å². The second kappa shape index (κ2) is 5.99. The summed E-state index contributed by atoms with van der Waals surface area (Å²) in [5.41, 5.74) is 2.24. The Morgan fingerprint density at radius 2 is 2.10 bits per heavy atom. The van der Waals surface area contributed by atoms with Gasteiger partial charge < -0.3 is 5.32 Å². The minimum atomic E-state index is 0.300. The number of fused-ring (bicyclic) bond motifs is 1. The van der Waals surface area contributed by atoms with E-state index in [1.807, 2.05) is 13.0 Å². The van der Waals surface area contributed by atoms with Crippen molar-refractivity contribution in [3.8, 4) is 0 Å². The quantitative estimate of drug-likeness (QED) is 0.775. The highest BCUT2D eigenvalue weighted by molar-refractivity contribution is 7.18. The van der Waals surface area contributed by atoms with Crippen molar-refractivity contribution >= 4 is 32.9 Å². The summed E-state index contributed by atoms with van der Waals surface area (Å²) in [6.07, 6.45) is 0.965. The number of para-hydroxylation sites is 1. The lowest BCUT2D eigenvalue weighted by molar-refractivity contribution is 0.565. The molecule has 2 aromatic heterocycles. The zero-order chi connectivity index (χ0) is 13.9. The largest absolute Gasteiger partial charge is 0.308 e. The van der Waals surface area contributed by atoms with Crippen LogP contribution in [0.4, 0.5) is 0 Å². The molecule has 0 aliphatic heterocycles. The number of hydrogen-bond acceptors (Lipinski definition) is 5. The van der Waals surface area contributed by atoms with Crippen LogP contribution >= 0.6 is 22.7 Å². The molecule has 20 heavy (non-hydrogen) atoms. The zero-order valence-electron chi connectivity index (χ0n) is 11.6. The van der Waals surface area contributed by atoms with Gasteiger partial charge in [-0.05, 0) is 26.0 Å².